The van der Waals surface area contributed by atoms with Crippen molar-refractivity contribution in [2.75, 3.05) is 38.2 Å². The van der Waals surface area contributed by atoms with E-state index in [0.29, 0.717) is 43.4 Å². The number of hydrogen-bond acceptors (Lipinski definition) is 6. The first-order valence-corrected chi connectivity index (χ1v) is 12.5. The van der Waals surface area contributed by atoms with E-state index in [9.17, 15) is 4.79 Å². The summed E-state index contributed by atoms with van der Waals surface area (Å²) >= 11 is 6.13. The van der Waals surface area contributed by atoms with E-state index < -0.39 is 0 Å². The van der Waals surface area contributed by atoms with E-state index >= 15 is 0 Å². The Balaban J connectivity index is 1.30. The van der Waals surface area contributed by atoms with Gasteiger partial charge >= 0.3 is 0 Å². The first-order chi connectivity index (χ1) is 18.1. The standard InChI is InChI=1S/C28H25ClN6O2/c1-37-22-6-4-5-19(17-22)18-25(36)33-13-15-34(16-14-33)28-30-24-8-3-2-7-23(24)27-32-31-26(35(27)28)20-9-11-21(29)12-10-20/h2-12,17H,13-16,18H2,1H3. The van der Waals surface area contributed by atoms with Crippen LogP contribution in [0.15, 0.2) is 72.8 Å². The second-order valence-electron chi connectivity index (χ2n) is 9.01. The van der Waals surface area contributed by atoms with E-state index in [1.165, 1.54) is 0 Å². The number of halogens is 1. The van der Waals surface area contributed by atoms with Gasteiger partial charge in [-0.25, -0.2) is 9.38 Å². The third-order valence-electron chi connectivity index (χ3n) is 6.74. The highest BCUT2D eigenvalue weighted by atomic mass is 35.5. The van der Waals surface area contributed by atoms with Gasteiger partial charge in [-0.2, -0.15) is 0 Å². The summed E-state index contributed by atoms with van der Waals surface area (Å²) in [4.78, 5) is 22.2. The molecule has 1 aliphatic heterocycles. The van der Waals surface area contributed by atoms with E-state index in [0.717, 1.165) is 39.4 Å². The molecule has 0 spiro atoms. The van der Waals surface area contributed by atoms with Crippen molar-refractivity contribution in [3.8, 4) is 17.1 Å². The normalized spacial score (nSPS) is 13.9. The molecule has 37 heavy (non-hydrogen) atoms. The lowest BCUT2D eigenvalue weighted by atomic mass is 10.1. The summed E-state index contributed by atoms with van der Waals surface area (Å²) in [5.74, 6) is 2.34. The fourth-order valence-electron chi connectivity index (χ4n) is 4.79. The molecule has 1 saturated heterocycles. The van der Waals surface area contributed by atoms with Crippen molar-refractivity contribution < 1.29 is 9.53 Å². The lowest BCUT2D eigenvalue weighted by molar-refractivity contribution is -0.130. The average molecular weight is 513 g/mol. The van der Waals surface area contributed by atoms with Crippen LogP contribution in [0.5, 0.6) is 5.75 Å². The fourth-order valence-corrected chi connectivity index (χ4v) is 4.91. The van der Waals surface area contributed by atoms with Crippen molar-refractivity contribution in [2.24, 2.45) is 0 Å². The van der Waals surface area contributed by atoms with Crippen LogP contribution in [0, 0.1) is 0 Å². The monoisotopic (exact) mass is 512 g/mol. The molecule has 0 saturated carbocycles. The number of carbonyl (C=O) groups is 1. The molecule has 9 heteroatoms. The summed E-state index contributed by atoms with van der Waals surface area (Å²) in [5.41, 5.74) is 3.46. The molecule has 1 aliphatic rings. The van der Waals surface area contributed by atoms with Crippen LogP contribution in [0.3, 0.4) is 0 Å². The molecule has 186 valence electrons. The van der Waals surface area contributed by atoms with Crippen LogP contribution in [0.4, 0.5) is 5.95 Å². The van der Waals surface area contributed by atoms with Gasteiger partial charge in [0, 0.05) is 42.2 Å². The number of aromatic nitrogens is 4. The number of fused-ring (bicyclic) bond motifs is 3. The summed E-state index contributed by atoms with van der Waals surface area (Å²) in [6.07, 6.45) is 0.349. The number of nitrogens with zero attached hydrogens (tertiary/aromatic N) is 6. The number of benzene rings is 3. The van der Waals surface area contributed by atoms with E-state index in [1.807, 2.05) is 82.1 Å². The first kappa shape index (κ1) is 23.2. The summed E-state index contributed by atoms with van der Waals surface area (Å²) in [6, 6.07) is 23.2. The fraction of sp³-hybridized carbons (Fsp3) is 0.214. The molecule has 3 aromatic carbocycles. The lowest BCUT2D eigenvalue weighted by Crippen LogP contribution is -2.50. The van der Waals surface area contributed by atoms with Crippen LogP contribution in [0.1, 0.15) is 5.56 Å². The molecule has 1 amide bonds. The van der Waals surface area contributed by atoms with Crippen molar-refractivity contribution in [3.05, 3.63) is 83.4 Å². The van der Waals surface area contributed by atoms with Crippen LogP contribution in [0.2, 0.25) is 5.02 Å². The van der Waals surface area contributed by atoms with Gasteiger partial charge in [-0.3, -0.25) is 4.79 Å². The Morgan fingerprint density at radius 2 is 1.73 bits per heavy atom. The number of hydrogen-bond donors (Lipinski definition) is 0. The molecular weight excluding hydrogens is 488 g/mol. The number of ether oxygens (including phenoxy) is 1. The summed E-state index contributed by atoms with van der Waals surface area (Å²) in [6.45, 7) is 2.53. The molecule has 5 aromatic rings. The molecular formula is C28H25ClN6O2. The number of piperazine rings is 1. The number of carbonyl (C=O) groups excluding carboxylic acids is 1. The maximum Gasteiger partial charge on any atom is 0.227 e. The lowest BCUT2D eigenvalue weighted by Gasteiger charge is -2.35. The SMILES string of the molecule is COc1cccc(CC(=O)N2CCN(c3nc4ccccc4c4nnc(-c5ccc(Cl)cc5)n34)CC2)c1. The van der Waals surface area contributed by atoms with Gasteiger partial charge in [0.25, 0.3) is 0 Å². The molecule has 0 aliphatic carbocycles. The zero-order chi connectivity index (χ0) is 25.4. The first-order valence-electron chi connectivity index (χ1n) is 12.2. The van der Waals surface area contributed by atoms with Crippen molar-refractivity contribution in [3.63, 3.8) is 0 Å². The molecule has 2 aromatic heterocycles. The molecule has 0 radical (unpaired) electrons. The van der Waals surface area contributed by atoms with Crippen LogP contribution in [0.25, 0.3) is 27.9 Å². The van der Waals surface area contributed by atoms with Crippen LogP contribution in [-0.4, -0.2) is 63.7 Å². The highest BCUT2D eigenvalue weighted by molar-refractivity contribution is 6.30. The third kappa shape index (κ3) is 4.44. The predicted octanol–water partition coefficient (Wildman–Crippen LogP) is 4.50. The number of anilines is 1. The Labute approximate surface area is 219 Å². The number of rotatable bonds is 5. The quantitative estimate of drug-likeness (QED) is 0.345. The van der Waals surface area contributed by atoms with Gasteiger partial charge in [-0.05, 0) is 54.1 Å². The third-order valence-corrected chi connectivity index (χ3v) is 6.99. The van der Waals surface area contributed by atoms with Gasteiger partial charge < -0.3 is 14.5 Å². The minimum Gasteiger partial charge on any atom is -0.497 e. The highest BCUT2D eigenvalue weighted by Crippen LogP contribution is 2.29. The van der Waals surface area contributed by atoms with Crippen LogP contribution in [-0.2, 0) is 11.2 Å². The Morgan fingerprint density at radius 1 is 0.946 bits per heavy atom. The smallest absolute Gasteiger partial charge is 0.227 e. The summed E-state index contributed by atoms with van der Waals surface area (Å²) in [7, 11) is 1.63. The van der Waals surface area contributed by atoms with E-state index in [-0.39, 0.29) is 5.91 Å². The van der Waals surface area contributed by atoms with Gasteiger partial charge in [0.15, 0.2) is 11.5 Å². The number of amides is 1. The van der Waals surface area contributed by atoms with Gasteiger partial charge in [0.2, 0.25) is 11.9 Å². The van der Waals surface area contributed by atoms with Crippen molar-refractivity contribution >= 4 is 40.0 Å². The van der Waals surface area contributed by atoms with Gasteiger partial charge in [-0.15, -0.1) is 10.2 Å². The van der Waals surface area contributed by atoms with Crippen molar-refractivity contribution in [1.29, 1.82) is 0 Å². The number of para-hydroxylation sites is 1. The van der Waals surface area contributed by atoms with Gasteiger partial charge in [0.05, 0.1) is 19.0 Å². The topological polar surface area (TPSA) is 75.9 Å². The highest BCUT2D eigenvalue weighted by Gasteiger charge is 2.26. The van der Waals surface area contributed by atoms with E-state index in [2.05, 4.69) is 15.1 Å². The largest absolute Gasteiger partial charge is 0.497 e. The summed E-state index contributed by atoms with van der Waals surface area (Å²) < 4.78 is 7.31. The number of methoxy groups -OCH3 is 1. The average Bonchev–Trinajstić information content (AvgIpc) is 3.39. The minimum atomic E-state index is 0.107. The molecule has 6 rings (SSSR count). The zero-order valence-corrected chi connectivity index (χ0v) is 21.1. The Bertz CT molecular complexity index is 1590. The molecule has 3 heterocycles. The molecule has 0 N–H and O–H groups in total. The van der Waals surface area contributed by atoms with E-state index in [4.69, 9.17) is 21.3 Å². The Morgan fingerprint density at radius 3 is 2.51 bits per heavy atom. The van der Waals surface area contributed by atoms with Gasteiger partial charge in [0.1, 0.15) is 5.75 Å². The molecule has 0 atom stereocenters. The molecule has 1 fully saturated rings. The molecule has 0 bridgehead atoms. The second kappa shape index (κ2) is 9.71. The predicted molar refractivity (Wildman–Crippen MR) is 144 cm³/mol. The van der Waals surface area contributed by atoms with Crippen molar-refractivity contribution in [1.82, 2.24) is 24.5 Å². The molecule has 0 unspecified atom stereocenters. The van der Waals surface area contributed by atoms with E-state index in [1.54, 1.807) is 7.11 Å². The maximum absolute atomic E-state index is 13.0. The van der Waals surface area contributed by atoms with Gasteiger partial charge in [-0.1, -0.05) is 35.9 Å². The Kier molecular flexibility index (Phi) is 6.10. The second-order valence-corrected chi connectivity index (χ2v) is 9.45. The van der Waals surface area contributed by atoms with Crippen LogP contribution >= 0.6 is 11.6 Å². The minimum absolute atomic E-state index is 0.107. The van der Waals surface area contributed by atoms with Crippen molar-refractivity contribution in [2.45, 2.75) is 6.42 Å². The van der Waals surface area contributed by atoms with Crippen LogP contribution < -0.4 is 9.64 Å². The maximum atomic E-state index is 13.0. The zero-order valence-electron chi connectivity index (χ0n) is 20.3. The summed E-state index contributed by atoms with van der Waals surface area (Å²) in [5, 5.41) is 10.7. The Hall–Kier alpha value is -4.17. The molecule has 8 nitrogen and oxygen atoms in total.